The molecular weight excluding hydrogens is 330 g/mol. The van der Waals surface area contributed by atoms with Crippen molar-refractivity contribution in [1.82, 2.24) is 5.43 Å². The van der Waals surface area contributed by atoms with Crippen LogP contribution in [0, 0.1) is 11.6 Å². The molecule has 3 nitrogen and oxygen atoms in total. The van der Waals surface area contributed by atoms with E-state index in [2.05, 4.69) is 21.4 Å². The lowest BCUT2D eigenvalue weighted by Crippen LogP contribution is -2.30. The number of nitrogens with two attached hydrogens (primary N) is 1. The zero-order valence-corrected chi connectivity index (χ0v) is 12.2. The summed E-state index contributed by atoms with van der Waals surface area (Å²) in [5.74, 6) is 4.18. The van der Waals surface area contributed by atoms with Gasteiger partial charge in [0, 0.05) is 15.6 Å². The molecule has 1 unspecified atom stereocenters. The Morgan fingerprint density at radius 2 is 1.95 bits per heavy atom. The maximum absolute atomic E-state index is 13.9. The Bertz CT molecular complexity index is 622. The van der Waals surface area contributed by atoms with Crippen LogP contribution in [-0.4, -0.2) is 7.11 Å². The zero-order valence-electron chi connectivity index (χ0n) is 10.7. The second-order valence-electron chi connectivity index (χ2n) is 4.13. The summed E-state index contributed by atoms with van der Waals surface area (Å²) in [5, 5.41) is 0. The molecule has 0 fully saturated rings. The molecule has 0 spiro atoms. The van der Waals surface area contributed by atoms with E-state index in [-0.39, 0.29) is 5.56 Å². The highest BCUT2D eigenvalue weighted by Crippen LogP contribution is 2.33. The number of hydrazine groups is 1. The van der Waals surface area contributed by atoms with Gasteiger partial charge in [-0.1, -0.05) is 34.1 Å². The fourth-order valence-electron chi connectivity index (χ4n) is 2.01. The summed E-state index contributed by atoms with van der Waals surface area (Å²) in [6.07, 6.45) is 0. The number of hydrogen-bond acceptors (Lipinski definition) is 3. The van der Waals surface area contributed by atoms with Gasteiger partial charge in [0.25, 0.3) is 0 Å². The number of benzene rings is 2. The van der Waals surface area contributed by atoms with Crippen molar-refractivity contribution in [2.75, 3.05) is 7.11 Å². The van der Waals surface area contributed by atoms with Crippen LogP contribution < -0.4 is 16.0 Å². The van der Waals surface area contributed by atoms with E-state index in [1.807, 2.05) is 0 Å². The maximum Gasteiger partial charge on any atom is 0.163 e. The van der Waals surface area contributed by atoms with Crippen molar-refractivity contribution in [3.8, 4) is 5.75 Å². The molecule has 2 aromatic rings. The molecule has 20 heavy (non-hydrogen) atoms. The van der Waals surface area contributed by atoms with Gasteiger partial charge in [0.15, 0.2) is 11.6 Å². The third kappa shape index (κ3) is 2.82. The van der Waals surface area contributed by atoms with Crippen LogP contribution in [0.25, 0.3) is 0 Å². The Hall–Kier alpha value is -1.50. The van der Waals surface area contributed by atoms with Crippen LogP contribution in [-0.2, 0) is 0 Å². The molecule has 0 aliphatic rings. The van der Waals surface area contributed by atoms with Gasteiger partial charge < -0.3 is 4.74 Å². The predicted molar refractivity (Wildman–Crippen MR) is 76.2 cm³/mol. The molecule has 0 saturated carbocycles. The number of halogens is 3. The molecule has 2 rings (SSSR count). The molecule has 0 saturated heterocycles. The second kappa shape index (κ2) is 6.30. The largest absolute Gasteiger partial charge is 0.496 e. The lowest BCUT2D eigenvalue weighted by atomic mass is 9.98. The Labute approximate surface area is 123 Å². The van der Waals surface area contributed by atoms with E-state index in [0.717, 1.165) is 10.5 Å². The minimum atomic E-state index is -0.930. The van der Waals surface area contributed by atoms with Crippen molar-refractivity contribution in [2.45, 2.75) is 6.04 Å². The number of nitrogens with one attached hydrogen (secondary N) is 1. The molecule has 0 radical (unpaired) electrons. The molecule has 1 atom stereocenters. The number of rotatable bonds is 4. The third-order valence-corrected chi connectivity index (χ3v) is 3.46. The average molecular weight is 343 g/mol. The first-order valence-electron chi connectivity index (χ1n) is 5.82. The van der Waals surface area contributed by atoms with Gasteiger partial charge in [0.05, 0.1) is 13.2 Å². The van der Waals surface area contributed by atoms with Gasteiger partial charge in [-0.3, -0.25) is 5.84 Å². The van der Waals surface area contributed by atoms with Crippen LogP contribution >= 0.6 is 15.9 Å². The zero-order chi connectivity index (χ0) is 14.7. The van der Waals surface area contributed by atoms with Crippen molar-refractivity contribution in [2.24, 2.45) is 5.84 Å². The lowest BCUT2D eigenvalue weighted by molar-refractivity contribution is 0.402. The molecule has 0 aliphatic carbocycles. The molecule has 106 valence electrons. The second-order valence-corrected chi connectivity index (χ2v) is 5.04. The minimum absolute atomic E-state index is 0.119. The highest BCUT2D eigenvalue weighted by atomic mass is 79.9. The summed E-state index contributed by atoms with van der Waals surface area (Å²) in [6, 6.07) is 8.50. The van der Waals surface area contributed by atoms with Gasteiger partial charge in [-0.05, 0) is 18.2 Å². The predicted octanol–water partition coefficient (Wildman–Crippen LogP) is 3.29. The number of hydrogen-bond donors (Lipinski definition) is 2. The first-order chi connectivity index (χ1) is 9.58. The van der Waals surface area contributed by atoms with Gasteiger partial charge in [0.1, 0.15) is 5.75 Å². The molecule has 0 aliphatic heterocycles. The quantitative estimate of drug-likeness (QED) is 0.662. The Balaban J connectivity index is 2.55. The monoisotopic (exact) mass is 342 g/mol. The first kappa shape index (κ1) is 14.9. The summed E-state index contributed by atoms with van der Waals surface area (Å²) in [4.78, 5) is 0. The fourth-order valence-corrected chi connectivity index (χ4v) is 2.35. The maximum atomic E-state index is 13.9. The minimum Gasteiger partial charge on any atom is -0.496 e. The van der Waals surface area contributed by atoms with Crippen LogP contribution in [0.15, 0.2) is 40.9 Å². The molecule has 0 amide bonds. The SMILES string of the molecule is COc1cc(Br)ccc1C(NN)c1cccc(F)c1F. The summed E-state index contributed by atoms with van der Waals surface area (Å²) in [7, 11) is 1.50. The van der Waals surface area contributed by atoms with Gasteiger partial charge >= 0.3 is 0 Å². The van der Waals surface area contributed by atoms with E-state index in [1.165, 1.54) is 19.2 Å². The fraction of sp³-hybridized carbons (Fsp3) is 0.143. The highest BCUT2D eigenvalue weighted by Gasteiger charge is 2.22. The van der Waals surface area contributed by atoms with Crippen molar-refractivity contribution >= 4 is 15.9 Å². The lowest BCUT2D eigenvalue weighted by Gasteiger charge is -2.20. The molecular formula is C14H13BrF2N2O. The van der Waals surface area contributed by atoms with E-state index in [9.17, 15) is 8.78 Å². The van der Waals surface area contributed by atoms with Gasteiger partial charge in [-0.2, -0.15) is 0 Å². The van der Waals surface area contributed by atoms with Crippen molar-refractivity contribution in [3.63, 3.8) is 0 Å². The summed E-state index contributed by atoms with van der Waals surface area (Å²) >= 11 is 3.32. The Morgan fingerprint density at radius 3 is 2.60 bits per heavy atom. The van der Waals surface area contributed by atoms with Crippen molar-refractivity contribution in [3.05, 3.63) is 63.6 Å². The molecule has 0 aromatic heterocycles. The molecule has 0 heterocycles. The standard InChI is InChI=1S/C14H13BrF2N2O/c1-20-12-7-8(15)5-6-9(12)14(19-18)10-3-2-4-11(16)13(10)17/h2-7,14,19H,18H2,1H3. The highest BCUT2D eigenvalue weighted by molar-refractivity contribution is 9.10. The molecule has 3 N–H and O–H groups in total. The number of ether oxygens (including phenoxy) is 1. The Morgan fingerprint density at radius 1 is 1.20 bits per heavy atom. The van der Waals surface area contributed by atoms with Gasteiger partial charge in [0.2, 0.25) is 0 Å². The van der Waals surface area contributed by atoms with Gasteiger partial charge in [-0.25, -0.2) is 14.2 Å². The summed E-state index contributed by atoms with van der Waals surface area (Å²) in [6.45, 7) is 0. The van der Waals surface area contributed by atoms with Crippen molar-refractivity contribution in [1.29, 1.82) is 0 Å². The van der Waals surface area contributed by atoms with E-state index in [1.54, 1.807) is 18.2 Å². The van der Waals surface area contributed by atoms with E-state index in [4.69, 9.17) is 10.6 Å². The smallest absolute Gasteiger partial charge is 0.163 e. The Kier molecular flexibility index (Phi) is 4.69. The molecule has 2 aromatic carbocycles. The van der Waals surface area contributed by atoms with Crippen LogP contribution in [0.5, 0.6) is 5.75 Å². The van der Waals surface area contributed by atoms with Crippen LogP contribution in [0.1, 0.15) is 17.2 Å². The van der Waals surface area contributed by atoms with E-state index in [0.29, 0.717) is 11.3 Å². The summed E-state index contributed by atoms with van der Waals surface area (Å²) in [5.41, 5.74) is 3.23. The number of methoxy groups -OCH3 is 1. The summed E-state index contributed by atoms with van der Waals surface area (Å²) < 4.78 is 33.3. The topological polar surface area (TPSA) is 47.3 Å². The van der Waals surface area contributed by atoms with Crippen LogP contribution in [0.3, 0.4) is 0 Å². The van der Waals surface area contributed by atoms with Crippen molar-refractivity contribution < 1.29 is 13.5 Å². The van der Waals surface area contributed by atoms with Crippen LogP contribution in [0.2, 0.25) is 0 Å². The first-order valence-corrected chi connectivity index (χ1v) is 6.61. The normalized spacial score (nSPS) is 12.2. The molecule has 6 heteroatoms. The third-order valence-electron chi connectivity index (χ3n) is 2.97. The van der Waals surface area contributed by atoms with Gasteiger partial charge in [-0.15, -0.1) is 0 Å². The molecule has 0 bridgehead atoms. The van der Waals surface area contributed by atoms with E-state index >= 15 is 0 Å². The van der Waals surface area contributed by atoms with Crippen LogP contribution in [0.4, 0.5) is 8.78 Å². The van der Waals surface area contributed by atoms with E-state index < -0.39 is 17.7 Å². The average Bonchev–Trinajstić information content (AvgIpc) is 2.45.